The predicted octanol–water partition coefficient (Wildman–Crippen LogP) is 5.21. The number of hydrogen-bond acceptors (Lipinski definition) is 2. The number of carbonyl (C=O) groups excluding carboxylic acids is 1. The molecule has 0 saturated heterocycles. The fourth-order valence-corrected chi connectivity index (χ4v) is 3.52. The van der Waals surface area contributed by atoms with E-state index >= 15 is 0 Å². The molecule has 4 aromatic rings. The van der Waals surface area contributed by atoms with Gasteiger partial charge in [-0.2, -0.15) is 5.10 Å². The van der Waals surface area contributed by atoms with Crippen LogP contribution in [0.1, 0.15) is 41.4 Å². The van der Waals surface area contributed by atoms with E-state index < -0.39 is 0 Å². The molecule has 0 atom stereocenters. The van der Waals surface area contributed by atoms with Crippen molar-refractivity contribution in [3.8, 4) is 0 Å². The van der Waals surface area contributed by atoms with Gasteiger partial charge in [0, 0.05) is 16.5 Å². The van der Waals surface area contributed by atoms with Gasteiger partial charge in [-0.15, -0.1) is 0 Å². The Hall–Kier alpha value is -3.40. The van der Waals surface area contributed by atoms with E-state index in [1.54, 1.807) is 6.21 Å². The first-order valence-electron chi connectivity index (χ1n) is 9.07. The number of H-pyrrole nitrogens is 1. The number of rotatable bonds is 4. The van der Waals surface area contributed by atoms with Crippen molar-refractivity contribution in [2.24, 2.45) is 5.10 Å². The van der Waals surface area contributed by atoms with E-state index in [0.29, 0.717) is 5.69 Å². The third kappa shape index (κ3) is 3.22. The smallest absolute Gasteiger partial charge is 0.288 e. The van der Waals surface area contributed by atoms with Crippen molar-refractivity contribution < 1.29 is 4.79 Å². The second-order valence-corrected chi connectivity index (χ2v) is 6.88. The molecule has 1 aromatic heterocycles. The first-order valence-corrected chi connectivity index (χ1v) is 9.07. The van der Waals surface area contributed by atoms with Crippen molar-refractivity contribution in [3.63, 3.8) is 0 Å². The number of amides is 1. The standard InChI is InChI=1S/C23H21N3O/c1-15(2)21-19-12-5-6-13-20(19)25-22(21)23(27)26-24-14-17-10-7-9-16-8-3-4-11-18(16)17/h3-15,25H,1-2H3,(H,26,27)/b24-14-. The lowest BCUT2D eigenvalue weighted by Crippen LogP contribution is -2.19. The largest absolute Gasteiger partial charge is 0.350 e. The maximum atomic E-state index is 12.7. The van der Waals surface area contributed by atoms with Crippen LogP contribution < -0.4 is 5.43 Å². The topological polar surface area (TPSA) is 57.2 Å². The molecule has 0 aliphatic heterocycles. The molecule has 0 fully saturated rings. The molecule has 0 aliphatic carbocycles. The molecule has 0 radical (unpaired) electrons. The molecule has 0 spiro atoms. The van der Waals surface area contributed by atoms with Gasteiger partial charge in [0.05, 0.1) is 6.21 Å². The molecule has 2 N–H and O–H groups in total. The minimum atomic E-state index is -0.230. The quantitative estimate of drug-likeness (QED) is 0.383. The fourth-order valence-electron chi connectivity index (χ4n) is 3.52. The summed E-state index contributed by atoms with van der Waals surface area (Å²) in [5.74, 6) is -0.00432. The molecular formula is C23H21N3O. The minimum Gasteiger partial charge on any atom is -0.350 e. The van der Waals surface area contributed by atoms with Gasteiger partial charge >= 0.3 is 0 Å². The number of fused-ring (bicyclic) bond motifs is 2. The SMILES string of the molecule is CC(C)c1c(C(=O)N/N=C\c2cccc3ccccc23)[nH]c2ccccc12. The van der Waals surface area contributed by atoms with E-state index in [1.807, 2.05) is 54.6 Å². The van der Waals surface area contributed by atoms with Gasteiger partial charge in [-0.1, -0.05) is 74.5 Å². The molecule has 3 aromatic carbocycles. The van der Waals surface area contributed by atoms with Crippen LogP contribution in [0.5, 0.6) is 0 Å². The number of aromatic nitrogens is 1. The van der Waals surface area contributed by atoms with Gasteiger partial charge in [-0.3, -0.25) is 4.79 Å². The number of carbonyl (C=O) groups is 1. The van der Waals surface area contributed by atoms with Gasteiger partial charge in [-0.25, -0.2) is 5.43 Å². The fraction of sp³-hybridized carbons (Fsp3) is 0.130. The van der Waals surface area contributed by atoms with Crippen molar-refractivity contribution in [1.82, 2.24) is 10.4 Å². The molecule has 4 heteroatoms. The van der Waals surface area contributed by atoms with Gasteiger partial charge in [0.2, 0.25) is 0 Å². The Balaban J connectivity index is 1.62. The minimum absolute atomic E-state index is 0.226. The first kappa shape index (κ1) is 17.0. The number of nitrogens with zero attached hydrogens (tertiary/aromatic N) is 1. The third-order valence-corrected chi connectivity index (χ3v) is 4.74. The number of benzene rings is 3. The maximum absolute atomic E-state index is 12.7. The lowest BCUT2D eigenvalue weighted by molar-refractivity contribution is 0.0949. The number of nitrogens with one attached hydrogen (secondary N) is 2. The highest BCUT2D eigenvalue weighted by Gasteiger charge is 2.19. The second kappa shape index (κ2) is 7.08. The van der Waals surface area contributed by atoms with Crippen molar-refractivity contribution in [2.45, 2.75) is 19.8 Å². The molecule has 0 saturated carbocycles. The van der Waals surface area contributed by atoms with Crippen LogP contribution in [0.15, 0.2) is 71.8 Å². The lowest BCUT2D eigenvalue weighted by Gasteiger charge is -2.07. The molecular weight excluding hydrogens is 334 g/mol. The number of aromatic amines is 1. The van der Waals surface area contributed by atoms with Crippen LogP contribution in [0.3, 0.4) is 0 Å². The van der Waals surface area contributed by atoms with Crippen LogP contribution in [-0.4, -0.2) is 17.1 Å². The van der Waals surface area contributed by atoms with Crippen molar-refractivity contribution in [1.29, 1.82) is 0 Å². The van der Waals surface area contributed by atoms with Gasteiger partial charge in [0.1, 0.15) is 5.69 Å². The molecule has 4 nitrogen and oxygen atoms in total. The predicted molar refractivity (Wildman–Crippen MR) is 111 cm³/mol. The molecule has 0 aliphatic rings. The molecule has 4 rings (SSSR count). The summed E-state index contributed by atoms with van der Waals surface area (Å²) in [7, 11) is 0. The van der Waals surface area contributed by atoms with Crippen molar-refractivity contribution >= 4 is 33.8 Å². The Morgan fingerprint density at radius 1 is 0.963 bits per heavy atom. The zero-order chi connectivity index (χ0) is 18.8. The van der Waals surface area contributed by atoms with Gasteiger partial charge in [-0.05, 0) is 28.3 Å². The Labute approximate surface area is 157 Å². The summed E-state index contributed by atoms with van der Waals surface area (Å²) < 4.78 is 0. The number of hydrogen-bond donors (Lipinski definition) is 2. The highest BCUT2D eigenvalue weighted by atomic mass is 16.2. The molecule has 134 valence electrons. The van der Waals surface area contributed by atoms with Gasteiger partial charge in [0.15, 0.2) is 0 Å². The molecule has 1 amide bonds. The average Bonchev–Trinajstić information content (AvgIpc) is 3.08. The monoisotopic (exact) mass is 355 g/mol. The van der Waals surface area contributed by atoms with Crippen LogP contribution in [-0.2, 0) is 0 Å². The summed E-state index contributed by atoms with van der Waals surface area (Å²) >= 11 is 0. The summed E-state index contributed by atoms with van der Waals surface area (Å²) in [4.78, 5) is 16.0. The lowest BCUT2D eigenvalue weighted by atomic mass is 9.99. The van der Waals surface area contributed by atoms with Gasteiger partial charge in [0.25, 0.3) is 5.91 Å². The van der Waals surface area contributed by atoms with E-state index in [1.165, 1.54) is 0 Å². The third-order valence-electron chi connectivity index (χ3n) is 4.74. The number of hydrazone groups is 1. The molecule has 1 heterocycles. The molecule has 0 unspecified atom stereocenters. The Kier molecular flexibility index (Phi) is 4.47. The highest BCUT2D eigenvalue weighted by Crippen LogP contribution is 2.29. The first-order chi connectivity index (χ1) is 13.1. The van der Waals surface area contributed by atoms with Crippen LogP contribution in [0, 0.1) is 0 Å². The van der Waals surface area contributed by atoms with Crippen LogP contribution in [0.2, 0.25) is 0 Å². The Morgan fingerprint density at radius 2 is 1.67 bits per heavy atom. The van der Waals surface area contributed by atoms with Crippen LogP contribution in [0.4, 0.5) is 0 Å². The summed E-state index contributed by atoms with van der Waals surface area (Å²) in [5.41, 5.74) is 6.18. The molecule has 27 heavy (non-hydrogen) atoms. The van der Waals surface area contributed by atoms with E-state index in [-0.39, 0.29) is 11.8 Å². The number of para-hydroxylation sites is 1. The van der Waals surface area contributed by atoms with Crippen LogP contribution >= 0.6 is 0 Å². The zero-order valence-corrected chi connectivity index (χ0v) is 15.4. The average molecular weight is 355 g/mol. The summed E-state index contributed by atoms with van der Waals surface area (Å²) in [5, 5.41) is 7.52. The Morgan fingerprint density at radius 3 is 2.48 bits per heavy atom. The molecule has 0 bridgehead atoms. The summed E-state index contributed by atoms with van der Waals surface area (Å²) in [6.07, 6.45) is 1.69. The van der Waals surface area contributed by atoms with Crippen LogP contribution in [0.25, 0.3) is 21.7 Å². The maximum Gasteiger partial charge on any atom is 0.288 e. The van der Waals surface area contributed by atoms with E-state index in [4.69, 9.17) is 0 Å². The summed E-state index contributed by atoms with van der Waals surface area (Å²) in [6.45, 7) is 4.18. The van der Waals surface area contributed by atoms with Gasteiger partial charge < -0.3 is 4.98 Å². The second-order valence-electron chi connectivity index (χ2n) is 6.88. The van der Waals surface area contributed by atoms with E-state index in [0.717, 1.165) is 32.8 Å². The van der Waals surface area contributed by atoms with Crippen molar-refractivity contribution in [3.05, 3.63) is 83.6 Å². The normalized spacial score (nSPS) is 11.7. The zero-order valence-electron chi connectivity index (χ0n) is 15.4. The van der Waals surface area contributed by atoms with Crippen molar-refractivity contribution in [2.75, 3.05) is 0 Å². The van der Waals surface area contributed by atoms with E-state index in [9.17, 15) is 4.79 Å². The Bertz CT molecular complexity index is 1150. The highest BCUT2D eigenvalue weighted by molar-refractivity contribution is 6.03. The van der Waals surface area contributed by atoms with E-state index in [2.05, 4.69) is 41.5 Å². The summed E-state index contributed by atoms with van der Waals surface area (Å²) in [6, 6.07) is 22.1.